The van der Waals surface area contributed by atoms with Crippen LogP contribution < -0.4 is 0 Å². The maximum atomic E-state index is 2.51. The molecule has 0 aliphatic heterocycles. The Morgan fingerprint density at radius 1 is 1.13 bits per heavy atom. The van der Waals surface area contributed by atoms with E-state index < -0.39 is 0 Å². The molecule has 1 aliphatic rings. The third-order valence-electron chi connectivity index (χ3n) is 5.59. The number of rotatable bonds is 4. The summed E-state index contributed by atoms with van der Waals surface area (Å²) in [6, 6.07) is 0. The second-order valence-electron chi connectivity index (χ2n) is 7.29. The first-order valence-electron chi connectivity index (χ1n) is 6.68. The lowest BCUT2D eigenvalue weighted by Gasteiger charge is -2.63. The van der Waals surface area contributed by atoms with Crippen LogP contribution in [0.1, 0.15) is 74.1 Å². The van der Waals surface area contributed by atoms with Gasteiger partial charge in [-0.05, 0) is 35.0 Å². The van der Waals surface area contributed by atoms with Crippen LogP contribution in [0.3, 0.4) is 0 Å². The molecule has 0 bridgehead atoms. The molecule has 1 fully saturated rings. The second-order valence-corrected chi connectivity index (χ2v) is 7.29. The third kappa shape index (κ3) is 2.10. The molecule has 0 saturated heterocycles. The summed E-state index contributed by atoms with van der Waals surface area (Å²) in [6.07, 6.45) is 5.49. The van der Waals surface area contributed by atoms with Crippen molar-refractivity contribution in [2.45, 2.75) is 74.1 Å². The molecule has 1 rings (SSSR count). The molecule has 1 saturated carbocycles. The Labute approximate surface area is 96.8 Å². The van der Waals surface area contributed by atoms with Gasteiger partial charge in [0.25, 0.3) is 0 Å². The van der Waals surface area contributed by atoms with Gasteiger partial charge in [0.2, 0.25) is 0 Å². The molecule has 0 spiro atoms. The van der Waals surface area contributed by atoms with E-state index in [-0.39, 0.29) is 0 Å². The summed E-state index contributed by atoms with van der Waals surface area (Å²) in [6.45, 7) is 17.0. The fourth-order valence-electron chi connectivity index (χ4n) is 3.56. The Bertz CT molecular complexity index is 224. The van der Waals surface area contributed by atoms with Crippen LogP contribution in [0.25, 0.3) is 0 Å². The largest absolute Gasteiger partial charge is 0.0651 e. The Hall–Kier alpha value is 0. The second kappa shape index (κ2) is 3.79. The molecule has 90 valence electrons. The van der Waals surface area contributed by atoms with Crippen molar-refractivity contribution in [1.29, 1.82) is 0 Å². The highest BCUT2D eigenvalue weighted by Crippen LogP contribution is 2.65. The first-order chi connectivity index (χ1) is 6.68. The molecule has 0 nitrogen and oxygen atoms in total. The molecule has 0 N–H and O–H groups in total. The van der Waals surface area contributed by atoms with Gasteiger partial charge in [-0.15, -0.1) is 0 Å². The van der Waals surface area contributed by atoms with Crippen molar-refractivity contribution in [2.24, 2.45) is 22.2 Å². The van der Waals surface area contributed by atoms with E-state index in [1.54, 1.807) is 0 Å². The van der Waals surface area contributed by atoms with Crippen molar-refractivity contribution >= 4 is 0 Å². The fourth-order valence-corrected chi connectivity index (χ4v) is 3.56. The van der Waals surface area contributed by atoms with Crippen molar-refractivity contribution in [3.05, 3.63) is 0 Å². The van der Waals surface area contributed by atoms with Gasteiger partial charge in [0.05, 0.1) is 0 Å². The zero-order valence-corrected chi connectivity index (χ0v) is 11.9. The van der Waals surface area contributed by atoms with Crippen LogP contribution in [0, 0.1) is 22.2 Å². The Morgan fingerprint density at radius 2 is 1.67 bits per heavy atom. The first kappa shape index (κ1) is 13.1. The van der Waals surface area contributed by atoms with Crippen LogP contribution in [-0.2, 0) is 0 Å². The molecule has 0 amide bonds. The molecule has 1 aliphatic carbocycles. The van der Waals surface area contributed by atoms with Crippen LogP contribution >= 0.6 is 0 Å². The van der Waals surface area contributed by atoms with E-state index in [2.05, 4.69) is 48.5 Å². The summed E-state index contributed by atoms with van der Waals surface area (Å²) >= 11 is 0. The molecule has 0 radical (unpaired) electrons. The highest BCUT2D eigenvalue weighted by molar-refractivity contribution is 5.05. The van der Waals surface area contributed by atoms with Gasteiger partial charge in [-0.3, -0.25) is 0 Å². The van der Waals surface area contributed by atoms with Gasteiger partial charge in [-0.25, -0.2) is 0 Å². The van der Waals surface area contributed by atoms with Crippen LogP contribution in [0.15, 0.2) is 0 Å². The molecule has 0 heterocycles. The predicted octanol–water partition coefficient (Wildman–Crippen LogP) is 5.28. The van der Waals surface area contributed by atoms with Gasteiger partial charge in [0.1, 0.15) is 0 Å². The molecule has 0 heteroatoms. The van der Waals surface area contributed by atoms with E-state index in [4.69, 9.17) is 0 Å². The maximum absolute atomic E-state index is 2.51. The van der Waals surface area contributed by atoms with Gasteiger partial charge < -0.3 is 0 Å². The minimum Gasteiger partial charge on any atom is -0.0651 e. The molecule has 2 unspecified atom stereocenters. The van der Waals surface area contributed by atoms with Crippen LogP contribution in [-0.4, -0.2) is 0 Å². The predicted molar refractivity (Wildman–Crippen MR) is 69.0 cm³/mol. The Balaban J connectivity index is 2.71. The smallest absolute Gasteiger partial charge is 0.0264 e. The summed E-state index contributed by atoms with van der Waals surface area (Å²) in [5.74, 6) is 0.954. The lowest BCUT2D eigenvalue weighted by molar-refractivity contribution is -0.132. The van der Waals surface area contributed by atoms with E-state index in [0.717, 1.165) is 5.92 Å². The standard InChI is InChI=1S/C15H30/c1-8-12-10-15(7,14(12,5)6)11-13(3,4)9-2/h12H,8-11H2,1-7H3. The van der Waals surface area contributed by atoms with Crippen LogP contribution in [0.2, 0.25) is 0 Å². The van der Waals surface area contributed by atoms with Gasteiger partial charge in [-0.1, -0.05) is 61.3 Å². The van der Waals surface area contributed by atoms with Gasteiger partial charge >= 0.3 is 0 Å². The molecule has 15 heavy (non-hydrogen) atoms. The van der Waals surface area contributed by atoms with Gasteiger partial charge in [0, 0.05) is 0 Å². The van der Waals surface area contributed by atoms with E-state index in [1.807, 2.05) is 0 Å². The van der Waals surface area contributed by atoms with E-state index in [0.29, 0.717) is 16.2 Å². The summed E-state index contributed by atoms with van der Waals surface area (Å²) in [4.78, 5) is 0. The van der Waals surface area contributed by atoms with Crippen molar-refractivity contribution < 1.29 is 0 Å². The zero-order chi connectivity index (χ0) is 11.9. The topological polar surface area (TPSA) is 0 Å². The van der Waals surface area contributed by atoms with Crippen molar-refractivity contribution in [1.82, 2.24) is 0 Å². The minimum atomic E-state index is 0.519. The van der Waals surface area contributed by atoms with Crippen LogP contribution in [0.4, 0.5) is 0 Å². The van der Waals surface area contributed by atoms with Crippen molar-refractivity contribution in [3.8, 4) is 0 Å². The number of hydrogen-bond acceptors (Lipinski definition) is 0. The van der Waals surface area contributed by atoms with Crippen molar-refractivity contribution in [2.75, 3.05) is 0 Å². The van der Waals surface area contributed by atoms with E-state index in [9.17, 15) is 0 Å². The quantitative estimate of drug-likeness (QED) is 0.592. The number of hydrogen-bond donors (Lipinski definition) is 0. The highest BCUT2D eigenvalue weighted by Gasteiger charge is 2.56. The maximum Gasteiger partial charge on any atom is -0.0264 e. The SMILES string of the molecule is CCC1CC(C)(CC(C)(C)CC)C1(C)C. The zero-order valence-electron chi connectivity index (χ0n) is 11.9. The highest BCUT2D eigenvalue weighted by atomic mass is 14.6. The first-order valence-corrected chi connectivity index (χ1v) is 6.68. The van der Waals surface area contributed by atoms with E-state index >= 15 is 0 Å². The average Bonchev–Trinajstić information content (AvgIpc) is 2.13. The third-order valence-corrected chi connectivity index (χ3v) is 5.59. The normalized spacial score (nSPS) is 35.0. The summed E-state index contributed by atoms with van der Waals surface area (Å²) in [7, 11) is 0. The molecule has 0 aromatic heterocycles. The Morgan fingerprint density at radius 3 is 2.00 bits per heavy atom. The summed E-state index contributed by atoms with van der Waals surface area (Å²) < 4.78 is 0. The molecular weight excluding hydrogens is 180 g/mol. The van der Waals surface area contributed by atoms with Crippen LogP contribution in [0.5, 0.6) is 0 Å². The summed E-state index contributed by atoms with van der Waals surface area (Å²) in [5.41, 5.74) is 1.64. The van der Waals surface area contributed by atoms with Crippen molar-refractivity contribution in [3.63, 3.8) is 0 Å². The molecule has 0 aromatic carbocycles. The fraction of sp³-hybridized carbons (Fsp3) is 1.00. The monoisotopic (exact) mass is 210 g/mol. The van der Waals surface area contributed by atoms with Gasteiger partial charge in [0.15, 0.2) is 0 Å². The lowest BCUT2D eigenvalue weighted by Crippen LogP contribution is -2.54. The van der Waals surface area contributed by atoms with E-state index in [1.165, 1.54) is 25.7 Å². The molecular formula is C15H30. The molecule has 2 atom stereocenters. The minimum absolute atomic E-state index is 0.519. The average molecular weight is 210 g/mol. The summed E-state index contributed by atoms with van der Waals surface area (Å²) in [5, 5.41) is 0. The Kier molecular flexibility index (Phi) is 3.30. The molecule has 0 aromatic rings. The lowest BCUT2D eigenvalue weighted by atomic mass is 9.42. The van der Waals surface area contributed by atoms with Gasteiger partial charge in [-0.2, -0.15) is 0 Å².